The zero-order valence-corrected chi connectivity index (χ0v) is 19.4. The van der Waals surface area contributed by atoms with Crippen LogP contribution in [-0.4, -0.2) is 36.2 Å². The summed E-state index contributed by atoms with van der Waals surface area (Å²) < 4.78 is 5.64. The summed E-state index contributed by atoms with van der Waals surface area (Å²) in [7, 11) is 0. The highest BCUT2D eigenvalue weighted by molar-refractivity contribution is 6.30. The molecular formula is C25H33ClN2O2. The fourth-order valence-electron chi connectivity index (χ4n) is 3.90. The molecule has 2 aromatic carbocycles. The lowest BCUT2D eigenvalue weighted by atomic mass is 9.87. The SMILES string of the molecule is CC(C)c1cccc([C@@H]2CN(C(=O)OC(C)(C)C)C[C@H]2CNc2ccc(Cl)cc2)c1. The lowest BCUT2D eigenvalue weighted by Gasteiger charge is -2.24. The Morgan fingerprint density at radius 2 is 1.87 bits per heavy atom. The Kier molecular flexibility index (Phi) is 6.97. The number of amides is 1. The van der Waals surface area contributed by atoms with Gasteiger partial charge in [-0.15, -0.1) is 0 Å². The largest absolute Gasteiger partial charge is 0.444 e. The molecule has 0 spiro atoms. The summed E-state index contributed by atoms with van der Waals surface area (Å²) in [5, 5.41) is 4.24. The molecule has 1 fully saturated rings. The molecule has 0 aliphatic carbocycles. The predicted molar refractivity (Wildman–Crippen MR) is 125 cm³/mol. The molecule has 0 saturated carbocycles. The number of hydrogen-bond donors (Lipinski definition) is 1. The molecule has 2 atom stereocenters. The molecule has 1 N–H and O–H groups in total. The van der Waals surface area contributed by atoms with Crippen LogP contribution in [0.4, 0.5) is 10.5 Å². The molecule has 1 saturated heterocycles. The van der Waals surface area contributed by atoms with Crippen LogP contribution in [-0.2, 0) is 4.74 Å². The van der Waals surface area contributed by atoms with Gasteiger partial charge in [-0.2, -0.15) is 0 Å². The minimum absolute atomic E-state index is 0.235. The fourth-order valence-corrected chi connectivity index (χ4v) is 4.02. The Morgan fingerprint density at radius 1 is 1.17 bits per heavy atom. The highest BCUT2D eigenvalue weighted by atomic mass is 35.5. The van der Waals surface area contributed by atoms with Gasteiger partial charge in [-0.1, -0.05) is 49.7 Å². The molecule has 0 unspecified atom stereocenters. The van der Waals surface area contributed by atoms with E-state index in [9.17, 15) is 4.79 Å². The number of carbonyl (C=O) groups is 1. The third kappa shape index (κ3) is 5.91. The molecule has 0 bridgehead atoms. The Morgan fingerprint density at radius 3 is 2.50 bits per heavy atom. The van der Waals surface area contributed by atoms with Crippen LogP contribution in [0.3, 0.4) is 0 Å². The number of hydrogen-bond acceptors (Lipinski definition) is 3. The van der Waals surface area contributed by atoms with Gasteiger partial charge < -0.3 is 15.0 Å². The highest BCUT2D eigenvalue weighted by Crippen LogP contribution is 2.35. The van der Waals surface area contributed by atoms with Gasteiger partial charge in [0.05, 0.1) is 0 Å². The summed E-state index contributed by atoms with van der Waals surface area (Å²) in [6, 6.07) is 16.5. The maximum Gasteiger partial charge on any atom is 0.410 e. The number of nitrogens with one attached hydrogen (secondary N) is 1. The summed E-state index contributed by atoms with van der Waals surface area (Å²) >= 11 is 6.00. The van der Waals surface area contributed by atoms with E-state index in [4.69, 9.17) is 16.3 Å². The smallest absolute Gasteiger partial charge is 0.410 e. The van der Waals surface area contributed by atoms with Gasteiger partial charge in [0.2, 0.25) is 0 Å². The van der Waals surface area contributed by atoms with Crippen molar-refractivity contribution in [2.45, 2.75) is 52.1 Å². The van der Waals surface area contributed by atoms with Gasteiger partial charge in [0.1, 0.15) is 5.60 Å². The Hall–Kier alpha value is -2.20. The average molecular weight is 429 g/mol. The number of ether oxygens (including phenoxy) is 1. The van der Waals surface area contributed by atoms with E-state index < -0.39 is 5.60 Å². The molecule has 0 aromatic heterocycles. The molecule has 1 amide bonds. The number of anilines is 1. The van der Waals surface area contributed by atoms with Crippen molar-refractivity contribution in [1.82, 2.24) is 4.90 Å². The van der Waals surface area contributed by atoms with Gasteiger partial charge in [0, 0.05) is 42.2 Å². The Labute approximate surface area is 185 Å². The quantitative estimate of drug-likeness (QED) is 0.588. The topological polar surface area (TPSA) is 41.6 Å². The lowest BCUT2D eigenvalue weighted by Crippen LogP contribution is -2.35. The molecular weight excluding hydrogens is 396 g/mol. The summed E-state index contributed by atoms with van der Waals surface area (Å²) in [5.74, 6) is 1.02. The number of halogens is 1. The van der Waals surface area contributed by atoms with Crippen LogP contribution in [0.15, 0.2) is 48.5 Å². The first-order valence-corrected chi connectivity index (χ1v) is 11.1. The van der Waals surface area contributed by atoms with Gasteiger partial charge in [-0.25, -0.2) is 4.79 Å². The molecule has 1 aliphatic rings. The molecule has 1 aliphatic heterocycles. The summed E-state index contributed by atoms with van der Waals surface area (Å²) in [6.45, 7) is 12.3. The normalized spacial score (nSPS) is 19.2. The van der Waals surface area contributed by atoms with Gasteiger partial charge in [0.15, 0.2) is 0 Å². The maximum atomic E-state index is 12.7. The van der Waals surface area contributed by atoms with E-state index in [1.54, 1.807) is 0 Å². The molecule has 0 radical (unpaired) electrons. The van der Waals surface area contributed by atoms with Crippen molar-refractivity contribution < 1.29 is 9.53 Å². The molecule has 4 nitrogen and oxygen atoms in total. The minimum atomic E-state index is -0.496. The number of carbonyl (C=O) groups excluding carboxylic acids is 1. The standard InChI is InChI=1S/C25H33ClN2O2/c1-17(2)18-7-6-8-19(13-18)23-16-28(24(29)30-25(3,4)5)15-20(23)14-27-22-11-9-21(26)10-12-22/h6-13,17,20,23,27H,14-16H2,1-5H3/t20-,23+/m1/s1. The predicted octanol–water partition coefficient (Wildman–Crippen LogP) is 6.53. The first-order chi connectivity index (χ1) is 14.1. The average Bonchev–Trinajstić information content (AvgIpc) is 3.11. The van der Waals surface area contributed by atoms with Crippen molar-refractivity contribution in [3.8, 4) is 0 Å². The zero-order chi connectivity index (χ0) is 21.9. The summed E-state index contributed by atoms with van der Waals surface area (Å²) in [6.07, 6.45) is -0.235. The second-order valence-electron chi connectivity index (χ2n) is 9.46. The highest BCUT2D eigenvalue weighted by Gasteiger charge is 2.38. The summed E-state index contributed by atoms with van der Waals surface area (Å²) in [5.41, 5.74) is 3.15. The molecule has 5 heteroatoms. The molecule has 3 rings (SSSR count). The van der Waals surface area contributed by atoms with E-state index in [2.05, 4.69) is 43.4 Å². The lowest BCUT2D eigenvalue weighted by molar-refractivity contribution is 0.0287. The zero-order valence-electron chi connectivity index (χ0n) is 18.6. The maximum absolute atomic E-state index is 12.7. The van der Waals surface area contributed by atoms with Crippen molar-refractivity contribution in [2.75, 3.05) is 25.0 Å². The van der Waals surface area contributed by atoms with Crippen molar-refractivity contribution >= 4 is 23.4 Å². The van der Waals surface area contributed by atoms with Crippen LogP contribution in [0.2, 0.25) is 5.02 Å². The van der Waals surface area contributed by atoms with E-state index in [1.165, 1.54) is 11.1 Å². The van der Waals surface area contributed by atoms with E-state index in [-0.39, 0.29) is 17.9 Å². The molecule has 1 heterocycles. The summed E-state index contributed by atoms with van der Waals surface area (Å²) in [4.78, 5) is 14.6. The Balaban J connectivity index is 1.79. The van der Waals surface area contributed by atoms with E-state index in [0.717, 1.165) is 17.3 Å². The van der Waals surface area contributed by atoms with E-state index >= 15 is 0 Å². The first kappa shape index (κ1) is 22.5. The van der Waals surface area contributed by atoms with Gasteiger partial charge in [0.25, 0.3) is 0 Å². The first-order valence-electron chi connectivity index (χ1n) is 10.7. The van der Waals surface area contributed by atoms with Gasteiger partial charge in [-0.3, -0.25) is 0 Å². The van der Waals surface area contributed by atoms with Crippen LogP contribution < -0.4 is 5.32 Å². The van der Waals surface area contributed by atoms with Crippen molar-refractivity contribution in [2.24, 2.45) is 5.92 Å². The number of rotatable bonds is 5. The van der Waals surface area contributed by atoms with Gasteiger partial charge >= 0.3 is 6.09 Å². The second kappa shape index (κ2) is 9.30. The van der Waals surface area contributed by atoms with E-state index in [1.807, 2.05) is 49.9 Å². The minimum Gasteiger partial charge on any atom is -0.444 e. The number of nitrogens with zero attached hydrogens (tertiary/aromatic N) is 1. The number of likely N-dealkylation sites (tertiary alicyclic amines) is 1. The van der Waals surface area contributed by atoms with Crippen molar-refractivity contribution in [1.29, 1.82) is 0 Å². The number of benzene rings is 2. The van der Waals surface area contributed by atoms with Crippen molar-refractivity contribution in [3.05, 3.63) is 64.7 Å². The van der Waals surface area contributed by atoms with Crippen LogP contribution >= 0.6 is 11.6 Å². The monoisotopic (exact) mass is 428 g/mol. The van der Waals surface area contributed by atoms with Crippen LogP contribution in [0.5, 0.6) is 0 Å². The molecule has 162 valence electrons. The van der Waals surface area contributed by atoms with Gasteiger partial charge in [-0.05, 0) is 62.1 Å². The van der Waals surface area contributed by atoms with E-state index in [0.29, 0.717) is 19.0 Å². The van der Waals surface area contributed by atoms with Crippen molar-refractivity contribution in [3.63, 3.8) is 0 Å². The second-order valence-corrected chi connectivity index (χ2v) is 9.90. The van der Waals surface area contributed by atoms with Crippen LogP contribution in [0.25, 0.3) is 0 Å². The fraction of sp³-hybridized carbons (Fsp3) is 0.480. The Bertz CT molecular complexity index is 858. The third-order valence-electron chi connectivity index (χ3n) is 5.51. The third-order valence-corrected chi connectivity index (χ3v) is 5.76. The van der Waals surface area contributed by atoms with Crippen LogP contribution in [0.1, 0.15) is 57.6 Å². The molecule has 30 heavy (non-hydrogen) atoms. The molecule has 2 aromatic rings. The van der Waals surface area contributed by atoms with Crippen LogP contribution in [0, 0.1) is 5.92 Å².